The first-order valence-electron chi connectivity index (χ1n) is 22.9. The van der Waals surface area contributed by atoms with E-state index in [-0.39, 0.29) is 49.6 Å². The van der Waals surface area contributed by atoms with Gasteiger partial charge in [-0.3, -0.25) is 28.7 Å². The number of thiophene rings is 1. The van der Waals surface area contributed by atoms with E-state index in [0.29, 0.717) is 12.2 Å². The number of β-amino-alcohol motifs (C(OH)–C–C–N with tert-alkyl or cyclic N) is 1. The molecule has 3 N–H and O–H groups in total. The van der Waals surface area contributed by atoms with E-state index in [1.54, 1.807) is 22.7 Å². The van der Waals surface area contributed by atoms with Crippen LogP contribution in [-0.2, 0) is 30.3 Å². The van der Waals surface area contributed by atoms with Crippen molar-refractivity contribution in [3.63, 3.8) is 0 Å². The maximum Gasteiger partial charge on any atom is 0.308 e. The van der Waals surface area contributed by atoms with Crippen LogP contribution in [0.5, 0.6) is 0 Å². The minimum absolute atomic E-state index is 0.00276. The molecule has 5 heterocycles. The van der Waals surface area contributed by atoms with E-state index in [1.807, 2.05) is 112 Å². The fourth-order valence-corrected chi connectivity index (χ4v) is 11.0. The minimum Gasteiger partial charge on any atom is -0.469 e. The number of hydrogen-bond donors (Lipinski definition) is 3. The zero-order valence-corrected chi connectivity index (χ0v) is 41.5. The maximum atomic E-state index is 14.3. The van der Waals surface area contributed by atoms with E-state index < -0.39 is 35.6 Å². The van der Waals surface area contributed by atoms with Gasteiger partial charge in [0.2, 0.25) is 17.7 Å². The molecule has 1 saturated heterocycles. The van der Waals surface area contributed by atoms with Gasteiger partial charge in [-0.15, -0.1) is 32.9 Å². The highest BCUT2D eigenvalue weighted by Crippen LogP contribution is 2.40. The number of aromatic nitrogens is 4. The van der Waals surface area contributed by atoms with Crippen molar-refractivity contribution in [2.45, 2.75) is 111 Å². The largest absolute Gasteiger partial charge is 0.469 e. The highest BCUT2D eigenvalue weighted by atomic mass is 32.1. The van der Waals surface area contributed by atoms with Crippen LogP contribution in [0.3, 0.4) is 0 Å². The third-order valence-electron chi connectivity index (χ3n) is 13.0. The highest BCUT2D eigenvalue weighted by molar-refractivity contribution is 7.15. The van der Waals surface area contributed by atoms with E-state index in [2.05, 4.69) is 51.8 Å². The second-order valence-corrected chi connectivity index (χ2v) is 20.9. The number of thiazole rings is 1. The van der Waals surface area contributed by atoms with Crippen LogP contribution < -0.4 is 10.6 Å². The fraction of sp³-hybridized carbons (Fsp3) is 0.385. The Hall–Kier alpha value is -6.36. The monoisotopic (exact) mass is 954 g/mol. The van der Waals surface area contributed by atoms with Crippen molar-refractivity contribution in [2.24, 2.45) is 10.4 Å². The first-order valence-corrected chi connectivity index (χ1v) is 24.6. The molecule has 1 fully saturated rings. The number of methoxy groups -OCH3 is 1. The van der Waals surface area contributed by atoms with Crippen LogP contribution in [0.15, 0.2) is 83.3 Å². The van der Waals surface area contributed by atoms with Gasteiger partial charge in [-0.2, -0.15) is 0 Å². The van der Waals surface area contributed by atoms with Crippen molar-refractivity contribution < 1.29 is 29.0 Å². The van der Waals surface area contributed by atoms with E-state index in [4.69, 9.17) is 9.73 Å². The maximum absolute atomic E-state index is 14.3. The molecule has 0 aliphatic carbocycles. The predicted octanol–water partition coefficient (Wildman–Crippen LogP) is 8.11. The summed E-state index contributed by atoms with van der Waals surface area (Å²) in [5, 5.41) is 26.5. The number of aliphatic imine (C=N–C) groups is 1. The van der Waals surface area contributed by atoms with Crippen LogP contribution in [0.4, 0.5) is 0 Å². The fourth-order valence-electron chi connectivity index (χ4n) is 8.96. The number of aliphatic hydroxyl groups is 1. The van der Waals surface area contributed by atoms with Crippen LogP contribution in [0.2, 0.25) is 0 Å². The lowest BCUT2D eigenvalue weighted by molar-refractivity contribution is -0.144. The average Bonchev–Trinajstić information content (AvgIpc) is 4.09. The molecule has 68 heavy (non-hydrogen) atoms. The number of ether oxygens (including phenoxy) is 1. The number of aliphatic hydroxyl groups excluding tert-OH is 1. The first kappa shape index (κ1) is 48.1. The number of aryl methyl sites for hydroxylation is 4. The predicted molar refractivity (Wildman–Crippen MR) is 265 cm³/mol. The number of fused-ring (bicyclic) bond motifs is 3. The minimum atomic E-state index is -0.924. The van der Waals surface area contributed by atoms with Crippen LogP contribution in [-0.4, -0.2) is 91.0 Å². The molecule has 2 aliphatic rings. The lowest BCUT2D eigenvalue weighted by Crippen LogP contribution is -2.57. The third kappa shape index (κ3) is 9.94. The summed E-state index contributed by atoms with van der Waals surface area (Å²) in [5.41, 5.74) is 10.8. The van der Waals surface area contributed by atoms with E-state index >= 15 is 0 Å². The lowest BCUT2D eigenvalue weighted by atomic mass is 9.85. The van der Waals surface area contributed by atoms with Crippen molar-refractivity contribution in [3.05, 3.63) is 128 Å². The highest BCUT2D eigenvalue weighted by Gasteiger charge is 2.45. The number of nitrogens with one attached hydrogen (secondary N) is 2. The summed E-state index contributed by atoms with van der Waals surface area (Å²) in [6.45, 7) is 15.6. The second kappa shape index (κ2) is 19.7. The molecule has 16 heteroatoms. The molecule has 6 aromatic rings. The summed E-state index contributed by atoms with van der Waals surface area (Å²) in [6, 6.07) is 21.5. The molecule has 3 aromatic heterocycles. The van der Waals surface area contributed by atoms with Gasteiger partial charge in [0.05, 0.1) is 47.5 Å². The summed E-state index contributed by atoms with van der Waals surface area (Å²) in [6.07, 6.45) is -0.134. The average molecular weight is 955 g/mol. The number of carbonyl (C=O) groups excluding carboxylic acids is 4. The third-order valence-corrected chi connectivity index (χ3v) is 15.1. The van der Waals surface area contributed by atoms with Crippen LogP contribution >= 0.6 is 22.7 Å². The number of esters is 1. The molecule has 0 saturated carbocycles. The molecule has 2 aliphatic heterocycles. The Morgan fingerprint density at radius 3 is 2.16 bits per heavy atom. The van der Waals surface area contributed by atoms with Gasteiger partial charge in [-0.25, -0.2) is 4.98 Å². The summed E-state index contributed by atoms with van der Waals surface area (Å²) >= 11 is 3.24. The topological polar surface area (TPSA) is 181 Å². The second-order valence-electron chi connectivity index (χ2n) is 18.8. The van der Waals surface area contributed by atoms with Crippen molar-refractivity contribution in [3.8, 4) is 26.6 Å². The standard InChI is InChI=1S/C52H58N8O6S2/c1-28-31(4)68-51-44(28)45(55-40(25-43(63)66-9)48-58-57-32(5)60(48)51)37-19-17-36(18-20-37)35-13-10-33(11-14-35)12-23-42(62)56-47(52(6,7)8)50(65)59-26-39(61)24-41(59)49(64)54-29(2)34-15-21-38(22-16-34)46-30(3)53-27-67-46/h10-11,13-22,27,29,39-41,47,61H,12,23-26H2,1-9H3,(H,54,64)(H,56,62)/t29-,39+,40-,41-,47?/m0/s1. The summed E-state index contributed by atoms with van der Waals surface area (Å²) in [5.74, 6) is -0.0935. The van der Waals surface area contributed by atoms with Crippen LogP contribution in [0, 0.1) is 33.1 Å². The molecule has 354 valence electrons. The van der Waals surface area contributed by atoms with Crippen LogP contribution in [0.25, 0.3) is 26.6 Å². The zero-order valence-electron chi connectivity index (χ0n) is 39.9. The Balaban J connectivity index is 0.905. The number of benzene rings is 3. The van der Waals surface area contributed by atoms with Crippen molar-refractivity contribution in [1.29, 1.82) is 0 Å². The van der Waals surface area contributed by atoms with Gasteiger partial charge in [-0.1, -0.05) is 93.6 Å². The molecule has 3 amide bonds. The molecular formula is C52H58N8O6S2. The van der Waals surface area contributed by atoms with Crippen molar-refractivity contribution in [1.82, 2.24) is 35.3 Å². The molecule has 8 rings (SSSR count). The number of nitrogens with zero attached hydrogens (tertiary/aromatic N) is 6. The molecule has 0 spiro atoms. The van der Waals surface area contributed by atoms with Crippen molar-refractivity contribution >= 4 is 52.1 Å². The first-order chi connectivity index (χ1) is 32.4. The van der Waals surface area contributed by atoms with Gasteiger partial charge >= 0.3 is 5.97 Å². The molecule has 3 aromatic carbocycles. The Morgan fingerprint density at radius 1 is 0.882 bits per heavy atom. The van der Waals surface area contributed by atoms with E-state index in [0.717, 1.165) is 76.5 Å². The number of hydrogen-bond acceptors (Lipinski definition) is 12. The lowest BCUT2D eigenvalue weighted by Gasteiger charge is -2.35. The van der Waals surface area contributed by atoms with Crippen molar-refractivity contribution in [2.75, 3.05) is 13.7 Å². The molecular weight excluding hydrogens is 897 g/mol. The normalized spacial score (nSPS) is 17.6. The van der Waals surface area contributed by atoms with E-state index in [9.17, 15) is 24.3 Å². The Bertz CT molecular complexity index is 2880. The quantitative estimate of drug-likeness (QED) is 0.0964. The number of rotatable bonds is 13. The SMILES string of the molecule is COC(=O)C[C@@H]1N=C(c2ccc(-c3ccc(CCC(=O)NC(C(=O)N4C[C@H](O)C[C@H]4C(=O)N[C@@H](C)c4ccc(-c5scnc5C)cc4)C(C)(C)C)cc3)cc2)c2c(sc(C)c2C)-n2c(C)nnc21. The zero-order chi connectivity index (χ0) is 48.6. The summed E-state index contributed by atoms with van der Waals surface area (Å²) in [4.78, 5) is 67.3. The molecule has 5 atom stereocenters. The van der Waals surface area contributed by atoms with Gasteiger partial charge in [0.25, 0.3) is 0 Å². The Morgan fingerprint density at radius 2 is 1.53 bits per heavy atom. The van der Waals surface area contributed by atoms with E-state index in [1.165, 1.54) is 12.0 Å². The molecule has 0 radical (unpaired) electrons. The summed E-state index contributed by atoms with van der Waals surface area (Å²) in [7, 11) is 1.37. The molecule has 0 bridgehead atoms. The number of amides is 3. The van der Waals surface area contributed by atoms with Gasteiger partial charge in [0.1, 0.15) is 29.0 Å². The van der Waals surface area contributed by atoms with Gasteiger partial charge in [-0.05, 0) is 79.8 Å². The number of likely N-dealkylation sites (tertiary alicyclic amines) is 1. The Kier molecular flexibility index (Phi) is 13.9. The number of carbonyl (C=O) groups is 4. The molecule has 14 nitrogen and oxygen atoms in total. The Labute approximate surface area is 404 Å². The van der Waals surface area contributed by atoms with Gasteiger partial charge in [0, 0.05) is 35.4 Å². The van der Waals surface area contributed by atoms with Gasteiger partial charge in [0.15, 0.2) is 5.82 Å². The smallest absolute Gasteiger partial charge is 0.308 e. The molecule has 1 unspecified atom stereocenters. The van der Waals surface area contributed by atoms with Gasteiger partial charge < -0.3 is 25.4 Å². The van der Waals surface area contributed by atoms with Crippen LogP contribution in [0.1, 0.15) is 109 Å². The summed E-state index contributed by atoms with van der Waals surface area (Å²) < 4.78 is 7.05.